The summed E-state index contributed by atoms with van der Waals surface area (Å²) >= 11 is 11.6. The van der Waals surface area contributed by atoms with E-state index in [1.54, 1.807) is 6.07 Å². The van der Waals surface area contributed by atoms with Crippen molar-refractivity contribution in [2.75, 3.05) is 0 Å². The van der Waals surface area contributed by atoms with Crippen LogP contribution in [0.15, 0.2) is 47.4 Å². The van der Waals surface area contributed by atoms with Crippen molar-refractivity contribution in [2.24, 2.45) is 0 Å². The predicted octanol–water partition coefficient (Wildman–Crippen LogP) is 3.67. The third-order valence-corrected chi connectivity index (χ3v) is 4.46. The molecule has 0 amide bonds. The third kappa shape index (κ3) is 3.44. The first-order valence-electron chi connectivity index (χ1n) is 5.44. The molecule has 0 fully saturated rings. The second kappa shape index (κ2) is 5.88. The highest BCUT2D eigenvalue weighted by atomic mass is 35.5. The van der Waals surface area contributed by atoms with Crippen molar-refractivity contribution in [1.29, 1.82) is 0 Å². The number of halogens is 2. The topological polar surface area (TPSA) is 86.5 Å². The molecule has 0 bridgehead atoms. The second-order valence-electron chi connectivity index (χ2n) is 3.84. The summed E-state index contributed by atoms with van der Waals surface area (Å²) in [6, 6.07) is 8.92. The molecular weight excluding hydrogens is 341 g/mol. The summed E-state index contributed by atoms with van der Waals surface area (Å²) < 4.78 is 29.1. The molecule has 2 rings (SSSR count). The average Bonchev–Trinajstić information content (AvgIpc) is 2.41. The lowest BCUT2D eigenvalue weighted by Crippen LogP contribution is -2.10. The fourth-order valence-corrected chi connectivity index (χ4v) is 3.18. The van der Waals surface area contributed by atoms with Crippen LogP contribution in [0.25, 0.3) is 0 Å². The van der Waals surface area contributed by atoms with Crippen molar-refractivity contribution in [3.05, 3.63) is 62.6 Å². The highest BCUT2D eigenvalue weighted by Crippen LogP contribution is 2.32. The van der Waals surface area contributed by atoms with Crippen LogP contribution in [0.4, 0.5) is 5.69 Å². The van der Waals surface area contributed by atoms with E-state index in [9.17, 15) is 18.5 Å². The predicted molar refractivity (Wildman–Crippen MR) is 77.4 cm³/mol. The van der Waals surface area contributed by atoms with Crippen LogP contribution in [0.3, 0.4) is 0 Å². The molecule has 2 aromatic carbocycles. The number of non-ortho nitro benzene ring substituents is 1. The van der Waals surface area contributed by atoms with E-state index in [1.165, 1.54) is 18.2 Å². The minimum Gasteiger partial charge on any atom is -0.377 e. The average molecular weight is 348 g/mol. The van der Waals surface area contributed by atoms with Gasteiger partial charge in [-0.2, -0.15) is 8.42 Å². The third-order valence-electron chi connectivity index (χ3n) is 2.43. The van der Waals surface area contributed by atoms with Gasteiger partial charge >= 0.3 is 10.1 Å². The van der Waals surface area contributed by atoms with Crippen molar-refractivity contribution in [2.45, 2.75) is 4.90 Å². The van der Waals surface area contributed by atoms with Crippen molar-refractivity contribution in [1.82, 2.24) is 0 Å². The zero-order valence-corrected chi connectivity index (χ0v) is 12.5. The van der Waals surface area contributed by atoms with Crippen molar-refractivity contribution in [3.63, 3.8) is 0 Å². The summed E-state index contributed by atoms with van der Waals surface area (Å²) in [5, 5.41) is 10.4. The van der Waals surface area contributed by atoms with Crippen molar-refractivity contribution >= 4 is 39.0 Å². The monoisotopic (exact) mass is 347 g/mol. The molecule has 110 valence electrons. The number of benzene rings is 2. The molecule has 0 saturated carbocycles. The van der Waals surface area contributed by atoms with E-state index in [-0.39, 0.29) is 26.4 Å². The van der Waals surface area contributed by atoms with Crippen LogP contribution in [0.5, 0.6) is 5.75 Å². The number of nitro groups is 1. The van der Waals surface area contributed by atoms with E-state index >= 15 is 0 Å². The molecule has 0 aromatic heterocycles. The summed E-state index contributed by atoms with van der Waals surface area (Å²) in [7, 11) is -4.19. The normalized spacial score (nSPS) is 11.1. The minimum atomic E-state index is -4.19. The minimum absolute atomic E-state index is 0.00414. The molecule has 0 saturated heterocycles. The summed E-state index contributed by atoms with van der Waals surface area (Å²) in [5.41, 5.74) is -0.275. The SMILES string of the molecule is O=[N+]([O-])c1ccc(OS(=O)(=O)c2ccccc2Cl)c(Cl)c1. The van der Waals surface area contributed by atoms with Gasteiger partial charge in [0.1, 0.15) is 4.90 Å². The number of nitrogens with zero attached hydrogens (tertiary/aromatic N) is 1. The fraction of sp³-hybridized carbons (Fsp3) is 0. The lowest BCUT2D eigenvalue weighted by Gasteiger charge is -2.09. The largest absolute Gasteiger partial charge is 0.377 e. The molecular formula is C12H7Cl2NO5S. The van der Waals surface area contributed by atoms with Gasteiger partial charge in [0.25, 0.3) is 5.69 Å². The van der Waals surface area contributed by atoms with Crippen molar-refractivity contribution in [3.8, 4) is 5.75 Å². The molecule has 0 aliphatic carbocycles. The second-order valence-corrected chi connectivity index (χ2v) is 6.17. The summed E-state index contributed by atoms with van der Waals surface area (Å²) in [4.78, 5) is 9.71. The molecule has 6 nitrogen and oxygen atoms in total. The van der Waals surface area contributed by atoms with E-state index in [0.717, 1.165) is 18.2 Å². The lowest BCUT2D eigenvalue weighted by atomic mass is 10.3. The number of rotatable bonds is 4. The number of hydrogen-bond acceptors (Lipinski definition) is 5. The zero-order valence-electron chi connectivity index (χ0n) is 10.2. The van der Waals surface area contributed by atoms with E-state index in [4.69, 9.17) is 27.4 Å². The lowest BCUT2D eigenvalue weighted by molar-refractivity contribution is -0.384. The molecule has 0 atom stereocenters. The molecule has 0 N–H and O–H groups in total. The molecule has 9 heteroatoms. The summed E-state index contributed by atoms with van der Waals surface area (Å²) in [5.74, 6) is -0.220. The van der Waals surface area contributed by atoms with Crippen LogP contribution in [0.1, 0.15) is 0 Å². The van der Waals surface area contributed by atoms with Crippen LogP contribution < -0.4 is 4.18 Å². The van der Waals surface area contributed by atoms with E-state index < -0.39 is 15.0 Å². The van der Waals surface area contributed by atoms with Gasteiger partial charge in [0, 0.05) is 12.1 Å². The van der Waals surface area contributed by atoms with Gasteiger partial charge in [-0.15, -0.1) is 0 Å². The van der Waals surface area contributed by atoms with Gasteiger partial charge in [0.05, 0.1) is 15.0 Å². The maximum atomic E-state index is 12.1. The smallest absolute Gasteiger partial charge is 0.340 e. The maximum Gasteiger partial charge on any atom is 0.340 e. The molecule has 0 unspecified atom stereocenters. The Morgan fingerprint density at radius 1 is 1.05 bits per heavy atom. The number of hydrogen-bond donors (Lipinski definition) is 0. The first-order chi connectivity index (χ1) is 9.81. The van der Waals surface area contributed by atoms with E-state index in [1.807, 2.05) is 0 Å². The maximum absolute atomic E-state index is 12.1. The first kappa shape index (κ1) is 15.6. The van der Waals surface area contributed by atoms with E-state index in [0.29, 0.717) is 0 Å². The Hall–Kier alpha value is -1.83. The molecule has 0 radical (unpaired) electrons. The summed E-state index contributed by atoms with van der Waals surface area (Å²) in [6.45, 7) is 0. The fourth-order valence-electron chi connectivity index (χ4n) is 1.48. The quantitative estimate of drug-likeness (QED) is 0.478. The zero-order chi connectivity index (χ0) is 15.6. The Morgan fingerprint density at radius 2 is 1.71 bits per heavy atom. The Bertz CT molecular complexity index is 807. The Labute approximate surface area is 130 Å². The highest BCUT2D eigenvalue weighted by molar-refractivity contribution is 7.87. The van der Waals surface area contributed by atoms with Gasteiger partial charge in [-0.3, -0.25) is 10.1 Å². The highest BCUT2D eigenvalue weighted by Gasteiger charge is 2.22. The molecule has 0 aliphatic heterocycles. The molecule has 0 aliphatic rings. The van der Waals surface area contributed by atoms with Gasteiger partial charge in [-0.25, -0.2) is 0 Å². The van der Waals surface area contributed by atoms with Gasteiger partial charge < -0.3 is 4.18 Å². The van der Waals surface area contributed by atoms with Crippen molar-refractivity contribution < 1.29 is 17.5 Å². The van der Waals surface area contributed by atoms with Crippen LogP contribution in [-0.2, 0) is 10.1 Å². The summed E-state index contributed by atoms with van der Waals surface area (Å²) in [6.07, 6.45) is 0. The standard InChI is InChI=1S/C12H7Cl2NO5S/c13-9-3-1-2-4-12(9)21(18,19)20-11-6-5-8(15(16)17)7-10(11)14/h1-7H. The molecule has 2 aromatic rings. The van der Waals surface area contributed by atoms with Gasteiger partial charge in [-0.1, -0.05) is 35.3 Å². The molecule has 21 heavy (non-hydrogen) atoms. The Morgan fingerprint density at radius 3 is 2.29 bits per heavy atom. The van der Waals surface area contributed by atoms with Crippen LogP contribution in [-0.4, -0.2) is 13.3 Å². The van der Waals surface area contributed by atoms with Crippen LogP contribution >= 0.6 is 23.2 Å². The van der Waals surface area contributed by atoms with Crippen LogP contribution in [0.2, 0.25) is 10.0 Å². The van der Waals surface area contributed by atoms with Crippen LogP contribution in [0, 0.1) is 10.1 Å². The number of nitro benzene ring substituents is 1. The molecule has 0 spiro atoms. The Kier molecular flexibility index (Phi) is 4.36. The van der Waals surface area contributed by atoms with Gasteiger partial charge in [0.2, 0.25) is 0 Å². The molecule has 0 heterocycles. The van der Waals surface area contributed by atoms with Gasteiger partial charge in [-0.05, 0) is 18.2 Å². The van der Waals surface area contributed by atoms with Gasteiger partial charge in [0.15, 0.2) is 5.75 Å². The Balaban J connectivity index is 2.38. The van der Waals surface area contributed by atoms with E-state index in [2.05, 4.69) is 0 Å². The first-order valence-corrected chi connectivity index (χ1v) is 7.60.